The maximum atomic E-state index is 13.4. The van der Waals surface area contributed by atoms with E-state index in [2.05, 4.69) is 10.3 Å². The van der Waals surface area contributed by atoms with E-state index in [1.807, 2.05) is 0 Å². The fourth-order valence-corrected chi connectivity index (χ4v) is 3.14. The average Bonchev–Trinajstić information content (AvgIpc) is 3.46. The van der Waals surface area contributed by atoms with Crippen molar-refractivity contribution < 1.29 is 14.0 Å². The van der Waals surface area contributed by atoms with Crippen LogP contribution in [0.1, 0.15) is 35.2 Å². The second-order valence-electron chi connectivity index (χ2n) is 6.53. The molecule has 4 rings (SSSR count). The molecule has 0 saturated heterocycles. The van der Waals surface area contributed by atoms with Crippen molar-refractivity contribution in [1.82, 2.24) is 4.98 Å². The van der Waals surface area contributed by atoms with Gasteiger partial charge in [-0.2, -0.15) is 0 Å². The van der Waals surface area contributed by atoms with Crippen LogP contribution < -0.4 is 10.2 Å². The van der Waals surface area contributed by atoms with Crippen LogP contribution in [-0.4, -0.2) is 23.3 Å². The summed E-state index contributed by atoms with van der Waals surface area (Å²) in [4.78, 5) is 30.6. The first-order valence-corrected chi connectivity index (χ1v) is 8.49. The molecule has 2 aliphatic rings. The summed E-state index contributed by atoms with van der Waals surface area (Å²) in [6, 6.07) is 7.74. The molecule has 1 aromatic heterocycles. The van der Waals surface area contributed by atoms with Gasteiger partial charge in [0.2, 0.25) is 5.91 Å². The molecule has 0 radical (unpaired) electrons. The summed E-state index contributed by atoms with van der Waals surface area (Å²) in [6.45, 7) is 0.587. The monoisotopic (exact) mass is 339 g/mol. The van der Waals surface area contributed by atoms with Gasteiger partial charge >= 0.3 is 0 Å². The summed E-state index contributed by atoms with van der Waals surface area (Å²) in [6.07, 6.45) is 4.89. The average molecular weight is 339 g/mol. The lowest BCUT2D eigenvalue weighted by Gasteiger charge is -2.29. The topological polar surface area (TPSA) is 62.3 Å². The summed E-state index contributed by atoms with van der Waals surface area (Å²) in [7, 11) is 0. The second kappa shape index (κ2) is 6.27. The molecular weight excluding hydrogens is 321 g/mol. The number of benzene rings is 1. The molecule has 1 fully saturated rings. The van der Waals surface area contributed by atoms with E-state index in [-0.39, 0.29) is 23.5 Å². The van der Waals surface area contributed by atoms with E-state index >= 15 is 0 Å². The molecule has 5 nitrogen and oxygen atoms in total. The Morgan fingerprint density at radius 2 is 2.04 bits per heavy atom. The number of nitrogens with zero attached hydrogens (tertiary/aromatic N) is 2. The molecule has 2 aromatic rings. The van der Waals surface area contributed by atoms with E-state index in [0.29, 0.717) is 17.9 Å². The van der Waals surface area contributed by atoms with Crippen LogP contribution in [0.4, 0.5) is 15.9 Å². The van der Waals surface area contributed by atoms with E-state index in [4.69, 9.17) is 0 Å². The van der Waals surface area contributed by atoms with Crippen LogP contribution in [0.3, 0.4) is 0 Å². The summed E-state index contributed by atoms with van der Waals surface area (Å²) in [5.41, 5.74) is 2.05. The van der Waals surface area contributed by atoms with Gasteiger partial charge in [-0.05, 0) is 61.6 Å². The minimum absolute atomic E-state index is 0.0455. The maximum Gasteiger partial charge on any atom is 0.258 e. The molecule has 0 unspecified atom stereocenters. The van der Waals surface area contributed by atoms with Crippen molar-refractivity contribution in [2.24, 2.45) is 5.92 Å². The van der Waals surface area contributed by atoms with Crippen LogP contribution in [-0.2, 0) is 11.2 Å². The van der Waals surface area contributed by atoms with Crippen molar-refractivity contribution in [3.63, 3.8) is 0 Å². The molecule has 128 valence electrons. The summed E-state index contributed by atoms with van der Waals surface area (Å²) in [5.74, 6) is -0.0427. The molecular formula is C19H18FN3O2. The number of halogens is 1. The smallest absolute Gasteiger partial charge is 0.258 e. The number of aromatic nitrogens is 1. The highest BCUT2D eigenvalue weighted by molar-refractivity contribution is 6.07. The van der Waals surface area contributed by atoms with Crippen LogP contribution in [0.25, 0.3) is 0 Å². The number of hydrogen-bond acceptors (Lipinski definition) is 3. The number of aryl methyl sites for hydroxylation is 1. The summed E-state index contributed by atoms with van der Waals surface area (Å²) >= 11 is 0. The Morgan fingerprint density at radius 3 is 2.84 bits per heavy atom. The van der Waals surface area contributed by atoms with Crippen LogP contribution in [0, 0.1) is 11.7 Å². The van der Waals surface area contributed by atoms with Gasteiger partial charge in [0, 0.05) is 29.9 Å². The molecule has 1 N–H and O–H groups in total. The Kier molecular flexibility index (Phi) is 3.95. The quantitative estimate of drug-likeness (QED) is 0.934. The zero-order chi connectivity index (χ0) is 17.4. The van der Waals surface area contributed by atoms with Crippen LogP contribution in [0.15, 0.2) is 36.5 Å². The molecule has 1 saturated carbocycles. The fraction of sp³-hybridized carbons (Fsp3) is 0.316. The van der Waals surface area contributed by atoms with E-state index in [1.54, 1.807) is 23.1 Å². The first kappa shape index (κ1) is 15.7. The number of carbonyl (C=O) groups is 2. The van der Waals surface area contributed by atoms with Crippen molar-refractivity contribution in [3.8, 4) is 0 Å². The Hall–Kier alpha value is -2.76. The predicted molar refractivity (Wildman–Crippen MR) is 92.0 cm³/mol. The van der Waals surface area contributed by atoms with E-state index in [9.17, 15) is 14.0 Å². The molecule has 6 heteroatoms. The lowest BCUT2D eigenvalue weighted by Crippen LogP contribution is -2.35. The van der Waals surface area contributed by atoms with E-state index in [0.717, 1.165) is 36.9 Å². The van der Waals surface area contributed by atoms with Crippen molar-refractivity contribution >= 4 is 23.3 Å². The minimum Gasteiger partial charge on any atom is -0.310 e. The van der Waals surface area contributed by atoms with Crippen molar-refractivity contribution in [1.29, 1.82) is 0 Å². The number of carbonyl (C=O) groups excluding carboxylic acids is 2. The first-order valence-electron chi connectivity index (χ1n) is 8.49. The van der Waals surface area contributed by atoms with Gasteiger partial charge in [0.05, 0.1) is 0 Å². The minimum atomic E-state index is -0.290. The molecule has 2 heterocycles. The largest absolute Gasteiger partial charge is 0.310 e. The lowest BCUT2D eigenvalue weighted by atomic mass is 10.0. The van der Waals surface area contributed by atoms with Crippen LogP contribution >= 0.6 is 0 Å². The first-order chi connectivity index (χ1) is 12.1. The van der Waals surface area contributed by atoms with Gasteiger partial charge in [0.25, 0.3) is 5.91 Å². The number of hydrogen-bond donors (Lipinski definition) is 1. The number of pyridine rings is 1. The van der Waals surface area contributed by atoms with Crippen molar-refractivity contribution in [3.05, 3.63) is 53.5 Å². The van der Waals surface area contributed by atoms with Crippen LogP contribution in [0.5, 0.6) is 0 Å². The third kappa shape index (κ3) is 3.24. The molecule has 1 aliphatic carbocycles. The van der Waals surface area contributed by atoms with Gasteiger partial charge in [-0.3, -0.25) is 9.59 Å². The number of amides is 2. The molecule has 2 amide bonds. The molecule has 1 aromatic carbocycles. The van der Waals surface area contributed by atoms with Gasteiger partial charge < -0.3 is 10.2 Å². The predicted octanol–water partition coefficient (Wildman–Crippen LogP) is 3.16. The standard InChI is InChI=1S/C19H18FN3O2/c20-15-5-6-16-13(10-15)2-1-9-23(16)19(25)14-7-8-21-17(11-14)22-18(24)12-3-4-12/h5-8,10-12H,1-4,9H2,(H,21,22,24). The lowest BCUT2D eigenvalue weighted by molar-refractivity contribution is -0.117. The highest BCUT2D eigenvalue weighted by Gasteiger charge is 2.30. The van der Waals surface area contributed by atoms with Crippen molar-refractivity contribution in [2.45, 2.75) is 25.7 Å². The van der Waals surface area contributed by atoms with Gasteiger partial charge in [-0.25, -0.2) is 9.37 Å². The molecule has 25 heavy (non-hydrogen) atoms. The zero-order valence-corrected chi connectivity index (χ0v) is 13.7. The Labute approximate surface area is 144 Å². The van der Waals surface area contributed by atoms with Gasteiger partial charge in [-0.15, -0.1) is 0 Å². The van der Waals surface area contributed by atoms with Crippen LogP contribution in [0.2, 0.25) is 0 Å². The van der Waals surface area contributed by atoms with Gasteiger partial charge in [0.15, 0.2) is 0 Å². The van der Waals surface area contributed by atoms with E-state index < -0.39 is 0 Å². The second-order valence-corrected chi connectivity index (χ2v) is 6.53. The molecule has 0 atom stereocenters. The fourth-order valence-electron chi connectivity index (χ4n) is 3.14. The highest BCUT2D eigenvalue weighted by Crippen LogP contribution is 2.31. The summed E-state index contributed by atoms with van der Waals surface area (Å²) < 4.78 is 13.4. The van der Waals surface area contributed by atoms with Crippen molar-refractivity contribution in [2.75, 3.05) is 16.8 Å². The third-order valence-electron chi connectivity index (χ3n) is 4.61. The molecule has 1 aliphatic heterocycles. The van der Waals surface area contributed by atoms with Gasteiger partial charge in [-0.1, -0.05) is 0 Å². The molecule has 0 bridgehead atoms. The Morgan fingerprint density at radius 1 is 1.20 bits per heavy atom. The summed E-state index contributed by atoms with van der Waals surface area (Å²) in [5, 5.41) is 2.76. The normalized spacial score (nSPS) is 16.3. The number of anilines is 2. The van der Waals surface area contributed by atoms with Gasteiger partial charge in [0.1, 0.15) is 11.6 Å². The zero-order valence-electron chi connectivity index (χ0n) is 13.7. The Bertz CT molecular complexity index is 848. The highest BCUT2D eigenvalue weighted by atomic mass is 19.1. The number of fused-ring (bicyclic) bond motifs is 1. The number of rotatable bonds is 3. The van der Waals surface area contributed by atoms with E-state index in [1.165, 1.54) is 18.3 Å². The molecule has 0 spiro atoms. The third-order valence-corrected chi connectivity index (χ3v) is 4.61. The number of nitrogens with one attached hydrogen (secondary N) is 1. The SMILES string of the molecule is O=C(Nc1cc(C(=O)N2CCCc3cc(F)ccc32)ccn1)C1CC1. The maximum absolute atomic E-state index is 13.4. The Balaban J connectivity index is 1.58.